The summed E-state index contributed by atoms with van der Waals surface area (Å²) in [4.78, 5) is 29.0. The SMILES string of the molecule is COc1ccc(C(=O)Nc2ccccc2CN(C(=O)C2CCCCC2)C2CCC(N)CC2)cc1OC. The smallest absolute Gasteiger partial charge is 0.255 e. The quantitative estimate of drug-likeness (QED) is 0.531. The summed E-state index contributed by atoms with van der Waals surface area (Å²) in [6, 6.07) is 13.3. The van der Waals surface area contributed by atoms with Crippen molar-refractivity contribution in [3.63, 3.8) is 0 Å². The number of hydrogen-bond donors (Lipinski definition) is 2. The van der Waals surface area contributed by atoms with Gasteiger partial charge >= 0.3 is 0 Å². The Hall–Kier alpha value is -3.06. The number of rotatable bonds is 8. The molecule has 194 valence electrons. The van der Waals surface area contributed by atoms with Gasteiger partial charge in [0.05, 0.1) is 14.2 Å². The molecule has 2 aromatic carbocycles. The summed E-state index contributed by atoms with van der Waals surface area (Å²) in [6.45, 7) is 0.484. The van der Waals surface area contributed by atoms with Crippen molar-refractivity contribution in [2.24, 2.45) is 11.7 Å². The first-order valence-corrected chi connectivity index (χ1v) is 13.2. The summed E-state index contributed by atoms with van der Waals surface area (Å²) >= 11 is 0. The van der Waals surface area contributed by atoms with Crippen LogP contribution in [0.2, 0.25) is 0 Å². The Bertz CT molecular complexity index is 1040. The first kappa shape index (κ1) is 26.0. The van der Waals surface area contributed by atoms with Crippen molar-refractivity contribution >= 4 is 17.5 Å². The number of carbonyl (C=O) groups is 2. The van der Waals surface area contributed by atoms with Crippen LogP contribution in [0.5, 0.6) is 11.5 Å². The molecule has 0 aliphatic heterocycles. The van der Waals surface area contributed by atoms with Gasteiger partial charge in [-0.3, -0.25) is 9.59 Å². The lowest BCUT2D eigenvalue weighted by molar-refractivity contribution is -0.140. The van der Waals surface area contributed by atoms with E-state index >= 15 is 0 Å². The maximum Gasteiger partial charge on any atom is 0.255 e. The van der Waals surface area contributed by atoms with Crippen molar-refractivity contribution in [2.45, 2.75) is 76.4 Å². The molecule has 0 atom stereocenters. The van der Waals surface area contributed by atoms with E-state index in [1.165, 1.54) is 6.42 Å². The first-order valence-electron chi connectivity index (χ1n) is 13.2. The lowest BCUT2D eigenvalue weighted by atomic mass is 9.85. The van der Waals surface area contributed by atoms with Crippen LogP contribution < -0.4 is 20.5 Å². The number of nitrogens with zero attached hydrogens (tertiary/aromatic N) is 1. The average molecular weight is 494 g/mol. The Kier molecular flexibility index (Phi) is 8.86. The second-order valence-corrected chi connectivity index (χ2v) is 10.1. The Labute approximate surface area is 214 Å². The number of para-hydroxylation sites is 1. The van der Waals surface area contributed by atoms with Crippen LogP contribution >= 0.6 is 0 Å². The Balaban J connectivity index is 1.55. The highest BCUT2D eigenvalue weighted by Gasteiger charge is 2.33. The molecular formula is C29H39N3O4. The van der Waals surface area contributed by atoms with Crippen LogP contribution in [0, 0.1) is 5.92 Å². The zero-order valence-corrected chi connectivity index (χ0v) is 21.5. The minimum atomic E-state index is -0.239. The maximum atomic E-state index is 13.8. The Morgan fingerprint density at radius 3 is 2.31 bits per heavy atom. The standard InChI is InChI=1S/C29H39N3O4/c1-35-26-17-12-21(18-27(26)36-2)28(33)31-25-11-7-6-10-22(25)19-32(24-15-13-23(30)14-16-24)29(34)20-8-4-3-5-9-20/h6-7,10-12,17-18,20,23-24H,3-5,8-9,13-16,19,30H2,1-2H3,(H,31,33). The summed E-state index contributed by atoms with van der Waals surface area (Å²) in [6.07, 6.45) is 9.15. The molecule has 2 aromatic rings. The zero-order valence-electron chi connectivity index (χ0n) is 21.5. The topological polar surface area (TPSA) is 93.9 Å². The number of nitrogens with two attached hydrogens (primary N) is 1. The summed E-state index contributed by atoms with van der Waals surface area (Å²) in [5.41, 5.74) is 8.29. The molecule has 0 radical (unpaired) electrons. The fourth-order valence-electron chi connectivity index (χ4n) is 5.52. The number of ether oxygens (including phenoxy) is 2. The number of methoxy groups -OCH3 is 2. The van der Waals surface area contributed by atoms with Gasteiger partial charge in [-0.2, -0.15) is 0 Å². The molecule has 0 unspecified atom stereocenters. The van der Waals surface area contributed by atoms with E-state index in [0.29, 0.717) is 29.3 Å². The second kappa shape index (κ2) is 12.3. The number of amides is 2. The molecule has 7 heteroatoms. The van der Waals surface area contributed by atoms with Gasteiger partial charge in [-0.1, -0.05) is 37.5 Å². The van der Waals surface area contributed by atoms with Gasteiger partial charge in [0.25, 0.3) is 5.91 Å². The predicted molar refractivity (Wildman–Crippen MR) is 141 cm³/mol. The predicted octanol–water partition coefficient (Wildman–Crippen LogP) is 5.13. The summed E-state index contributed by atoms with van der Waals surface area (Å²) < 4.78 is 10.6. The monoisotopic (exact) mass is 493 g/mol. The molecule has 0 saturated heterocycles. The molecule has 0 heterocycles. The largest absolute Gasteiger partial charge is 0.493 e. The highest BCUT2D eigenvalue weighted by molar-refractivity contribution is 6.05. The van der Waals surface area contributed by atoms with Gasteiger partial charge in [0.15, 0.2) is 11.5 Å². The Morgan fingerprint density at radius 1 is 0.917 bits per heavy atom. The van der Waals surface area contributed by atoms with E-state index in [2.05, 4.69) is 10.2 Å². The van der Waals surface area contributed by atoms with Gasteiger partial charge in [-0.15, -0.1) is 0 Å². The Morgan fingerprint density at radius 2 is 1.61 bits per heavy atom. The van der Waals surface area contributed by atoms with Gasteiger partial charge in [-0.05, 0) is 68.4 Å². The molecule has 0 aromatic heterocycles. The fourth-order valence-corrected chi connectivity index (χ4v) is 5.52. The lowest BCUT2D eigenvalue weighted by Crippen LogP contribution is -2.46. The van der Waals surface area contributed by atoms with Crippen LogP contribution in [-0.4, -0.2) is 43.0 Å². The van der Waals surface area contributed by atoms with E-state index in [9.17, 15) is 9.59 Å². The molecule has 7 nitrogen and oxygen atoms in total. The van der Waals surface area contributed by atoms with Crippen LogP contribution in [0.3, 0.4) is 0 Å². The summed E-state index contributed by atoms with van der Waals surface area (Å²) in [5.74, 6) is 1.19. The molecular weight excluding hydrogens is 454 g/mol. The van der Waals surface area contributed by atoms with Crippen LogP contribution in [-0.2, 0) is 11.3 Å². The van der Waals surface area contributed by atoms with E-state index in [1.807, 2.05) is 24.3 Å². The molecule has 2 amide bonds. The van der Waals surface area contributed by atoms with Crippen molar-refractivity contribution in [3.05, 3.63) is 53.6 Å². The highest BCUT2D eigenvalue weighted by atomic mass is 16.5. The van der Waals surface area contributed by atoms with Crippen molar-refractivity contribution in [2.75, 3.05) is 19.5 Å². The number of hydrogen-bond acceptors (Lipinski definition) is 5. The minimum Gasteiger partial charge on any atom is -0.493 e. The van der Waals surface area contributed by atoms with Crippen molar-refractivity contribution < 1.29 is 19.1 Å². The van der Waals surface area contributed by atoms with E-state index in [-0.39, 0.29) is 29.8 Å². The molecule has 36 heavy (non-hydrogen) atoms. The van der Waals surface area contributed by atoms with E-state index in [4.69, 9.17) is 15.2 Å². The third kappa shape index (κ3) is 6.19. The van der Waals surface area contributed by atoms with E-state index < -0.39 is 0 Å². The summed E-state index contributed by atoms with van der Waals surface area (Å²) in [5, 5.41) is 3.06. The number of benzene rings is 2. The van der Waals surface area contributed by atoms with Gasteiger partial charge in [0.2, 0.25) is 5.91 Å². The first-order chi connectivity index (χ1) is 17.5. The molecule has 0 spiro atoms. The third-order valence-electron chi connectivity index (χ3n) is 7.67. The van der Waals surface area contributed by atoms with Crippen LogP contribution in [0.15, 0.2) is 42.5 Å². The highest BCUT2D eigenvalue weighted by Crippen LogP contribution is 2.32. The maximum absolute atomic E-state index is 13.8. The van der Waals surface area contributed by atoms with E-state index in [0.717, 1.165) is 56.9 Å². The molecule has 2 fully saturated rings. The lowest BCUT2D eigenvalue weighted by Gasteiger charge is -2.39. The number of nitrogens with one attached hydrogen (secondary N) is 1. The molecule has 4 rings (SSSR count). The second-order valence-electron chi connectivity index (χ2n) is 10.1. The molecule has 2 aliphatic carbocycles. The van der Waals surface area contributed by atoms with Crippen LogP contribution in [0.1, 0.15) is 73.7 Å². The fraction of sp³-hybridized carbons (Fsp3) is 0.517. The van der Waals surface area contributed by atoms with Gasteiger partial charge in [-0.25, -0.2) is 0 Å². The van der Waals surface area contributed by atoms with Gasteiger partial charge in [0, 0.05) is 35.8 Å². The van der Waals surface area contributed by atoms with Gasteiger partial charge < -0.3 is 25.4 Å². The van der Waals surface area contributed by atoms with Gasteiger partial charge in [0.1, 0.15) is 0 Å². The van der Waals surface area contributed by atoms with E-state index in [1.54, 1.807) is 32.4 Å². The van der Waals surface area contributed by atoms with Crippen LogP contribution in [0.4, 0.5) is 5.69 Å². The van der Waals surface area contributed by atoms with Crippen molar-refractivity contribution in [1.29, 1.82) is 0 Å². The van der Waals surface area contributed by atoms with Crippen molar-refractivity contribution in [3.8, 4) is 11.5 Å². The average Bonchev–Trinajstić information content (AvgIpc) is 2.92. The molecule has 2 saturated carbocycles. The normalized spacial score (nSPS) is 20.4. The zero-order chi connectivity index (χ0) is 25.5. The van der Waals surface area contributed by atoms with Crippen LogP contribution in [0.25, 0.3) is 0 Å². The van der Waals surface area contributed by atoms with Crippen molar-refractivity contribution in [1.82, 2.24) is 4.90 Å². The number of carbonyl (C=O) groups excluding carboxylic acids is 2. The number of anilines is 1. The third-order valence-corrected chi connectivity index (χ3v) is 7.67. The minimum absolute atomic E-state index is 0.0999. The molecule has 2 aliphatic rings. The molecule has 0 bridgehead atoms. The summed E-state index contributed by atoms with van der Waals surface area (Å²) in [7, 11) is 3.11. The molecule has 3 N–H and O–H groups in total.